The average molecular weight is 218 g/mol. The van der Waals surface area contributed by atoms with Crippen LogP contribution in [0.2, 0.25) is 0 Å². The van der Waals surface area contributed by atoms with Gasteiger partial charge in [0, 0.05) is 5.69 Å². The molecule has 5 N–H and O–H groups in total. The molecule has 0 bridgehead atoms. The van der Waals surface area contributed by atoms with E-state index in [9.17, 15) is 4.79 Å². The standard InChI is InChI=1S/C10H10N4O2/c11-8-5-12-14-9(8)10(16)13-6-1-3-7(15)4-2-6/h1-5,15H,11H2,(H,12,14)(H,13,16). The molecule has 0 saturated heterocycles. The third kappa shape index (κ3) is 1.95. The summed E-state index contributed by atoms with van der Waals surface area (Å²) in [6, 6.07) is 6.12. The number of aromatic amines is 1. The molecule has 0 saturated carbocycles. The third-order valence-electron chi connectivity index (χ3n) is 2.02. The van der Waals surface area contributed by atoms with Gasteiger partial charge in [0.15, 0.2) is 0 Å². The fourth-order valence-corrected chi connectivity index (χ4v) is 1.22. The van der Waals surface area contributed by atoms with Gasteiger partial charge in [-0.15, -0.1) is 0 Å². The van der Waals surface area contributed by atoms with Gasteiger partial charge >= 0.3 is 0 Å². The fourth-order valence-electron chi connectivity index (χ4n) is 1.22. The first-order chi connectivity index (χ1) is 7.66. The van der Waals surface area contributed by atoms with Gasteiger partial charge in [-0.25, -0.2) is 0 Å². The van der Waals surface area contributed by atoms with E-state index in [-0.39, 0.29) is 23.0 Å². The molecule has 2 rings (SSSR count). The Morgan fingerprint density at radius 3 is 2.62 bits per heavy atom. The molecule has 0 aliphatic carbocycles. The van der Waals surface area contributed by atoms with Crippen molar-refractivity contribution in [2.75, 3.05) is 11.1 Å². The SMILES string of the molecule is Nc1cn[nH]c1C(=O)Nc1ccc(O)cc1. The average Bonchev–Trinajstić information content (AvgIpc) is 2.68. The Morgan fingerprint density at radius 1 is 1.38 bits per heavy atom. The highest BCUT2D eigenvalue weighted by Gasteiger charge is 2.11. The zero-order chi connectivity index (χ0) is 11.5. The van der Waals surface area contributed by atoms with E-state index >= 15 is 0 Å². The van der Waals surface area contributed by atoms with Gasteiger partial charge in [-0.05, 0) is 24.3 Å². The monoisotopic (exact) mass is 218 g/mol. The fraction of sp³-hybridized carbons (Fsp3) is 0. The zero-order valence-corrected chi connectivity index (χ0v) is 8.27. The van der Waals surface area contributed by atoms with Crippen LogP contribution in [0.1, 0.15) is 10.5 Å². The number of nitrogens with zero attached hydrogens (tertiary/aromatic N) is 1. The van der Waals surface area contributed by atoms with E-state index in [4.69, 9.17) is 10.8 Å². The lowest BCUT2D eigenvalue weighted by Gasteiger charge is -2.03. The molecular weight excluding hydrogens is 208 g/mol. The van der Waals surface area contributed by atoms with E-state index in [0.717, 1.165) is 0 Å². The van der Waals surface area contributed by atoms with Crippen LogP contribution in [0.3, 0.4) is 0 Å². The molecule has 6 heteroatoms. The number of nitrogens with one attached hydrogen (secondary N) is 2. The van der Waals surface area contributed by atoms with Crippen LogP contribution in [0.4, 0.5) is 11.4 Å². The topological polar surface area (TPSA) is 104 Å². The van der Waals surface area contributed by atoms with Crippen LogP contribution < -0.4 is 11.1 Å². The molecule has 0 unspecified atom stereocenters. The molecule has 2 aromatic rings. The number of aromatic nitrogens is 2. The van der Waals surface area contributed by atoms with E-state index in [1.807, 2.05) is 0 Å². The summed E-state index contributed by atoms with van der Waals surface area (Å²) >= 11 is 0. The van der Waals surface area contributed by atoms with Crippen LogP contribution in [-0.2, 0) is 0 Å². The molecule has 1 heterocycles. The number of phenols is 1. The largest absolute Gasteiger partial charge is 0.508 e. The summed E-state index contributed by atoms with van der Waals surface area (Å²) in [6.07, 6.45) is 1.37. The number of benzene rings is 1. The molecule has 0 atom stereocenters. The summed E-state index contributed by atoms with van der Waals surface area (Å²) in [7, 11) is 0. The first-order valence-corrected chi connectivity index (χ1v) is 4.56. The smallest absolute Gasteiger partial charge is 0.275 e. The first kappa shape index (κ1) is 10.0. The molecule has 0 fully saturated rings. The molecule has 0 aliphatic rings. The number of hydrogen-bond donors (Lipinski definition) is 4. The van der Waals surface area contributed by atoms with Crippen LogP contribution in [0.25, 0.3) is 0 Å². The number of carbonyl (C=O) groups is 1. The van der Waals surface area contributed by atoms with Crippen LogP contribution in [-0.4, -0.2) is 21.2 Å². The van der Waals surface area contributed by atoms with Gasteiger partial charge in [0.2, 0.25) is 0 Å². The number of H-pyrrole nitrogens is 1. The second kappa shape index (κ2) is 3.93. The highest BCUT2D eigenvalue weighted by atomic mass is 16.3. The highest BCUT2D eigenvalue weighted by Crippen LogP contribution is 2.15. The number of anilines is 2. The highest BCUT2D eigenvalue weighted by molar-refractivity contribution is 6.06. The number of nitrogen functional groups attached to an aromatic ring is 1. The third-order valence-corrected chi connectivity index (χ3v) is 2.02. The van der Waals surface area contributed by atoms with E-state index in [2.05, 4.69) is 15.5 Å². The Labute approximate surface area is 91.1 Å². The summed E-state index contributed by atoms with van der Waals surface area (Å²) in [5.74, 6) is -0.236. The summed E-state index contributed by atoms with van der Waals surface area (Å²) in [5, 5.41) is 17.8. The van der Waals surface area contributed by atoms with Gasteiger partial charge in [-0.3, -0.25) is 9.89 Å². The second-order valence-corrected chi connectivity index (χ2v) is 3.20. The summed E-state index contributed by atoms with van der Waals surface area (Å²) in [5.41, 5.74) is 6.60. The van der Waals surface area contributed by atoms with Crippen LogP contribution in [0.15, 0.2) is 30.5 Å². The van der Waals surface area contributed by atoms with E-state index in [1.54, 1.807) is 12.1 Å². The number of carbonyl (C=O) groups excluding carboxylic acids is 1. The predicted molar refractivity (Wildman–Crippen MR) is 59.1 cm³/mol. The van der Waals surface area contributed by atoms with Crippen molar-refractivity contribution in [1.29, 1.82) is 0 Å². The molecule has 1 amide bonds. The Kier molecular flexibility index (Phi) is 2.47. The van der Waals surface area contributed by atoms with Crippen molar-refractivity contribution < 1.29 is 9.90 Å². The summed E-state index contributed by atoms with van der Waals surface area (Å²) in [6.45, 7) is 0. The van der Waals surface area contributed by atoms with E-state index in [1.165, 1.54) is 18.3 Å². The van der Waals surface area contributed by atoms with Gasteiger partial charge in [-0.2, -0.15) is 5.10 Å². The quantitative estimate of drug-likeness (QED) is 0.563. The van der Waals surface area contributed by atoms with Gasteiger partial charge in [0.25, 0.3) is 5.91 Å². The molecular formula is C10H10N4O2. The molecule has 0 aliphatic heterocycles. The minimum atomic E-state index is -0.374. The molecule has 0 radical (unpaired) electrons. The number of aromatic hydroxyl groups is 1. The minimum absolute atomic E-state index is 0.138. The molecule has 82 valence electrons. The van der Waals surface area contributed by atoms with Crippen LogP contribution >= 0.6 is 0 Å². The van der Waals surface area contributed by atoms with Gasteiger partial charge in [0.1, 0.15) is 11.4 Å². The summed E-state index contributed by atoms with van der Waals surface area (Å²) in [4.78, 5) is 11.7. The lowest BCUT2D eigenvalue weighted by atomic mass is 10.3. The Hall–Kier alpha value is -2.50. The lowest BCUT2D eigenvalue weighted by Crippen LogP contribution is -2.13. The predicted octanol–water partition coefficient (Wildman–Crippen LogP) is 0.950. The van der Waals surface area contributed by atoms with Crippen molar-refractivity contribution >= 4 is 17.3 Å². The number of hydrogen-bond acceptors (Lipinski definition) is 4. The first-order valence-electron chi connectivity index (χ1n) is 4.56. The van der Waals surface area contributed by atoms with E-state index in [0.29, 0.717) is 5.69 Å². The summed E-state index contributed by atoms with van der Waals surface area (Å²) < 4.78 is 0. The number of rotatable bonds is 2. The molecule has 0 spiro atoms. The normalized spacial score (nSPS) is 10.0. The van der Waals surface area contributed by atoms with Crippen molar-refractivity contribution in [3.8, 4) is 5.75 Å². The lowest BCUT2D eigenvalue weighted by molar-refractivity contribution is 0.102. The van der Waals surface area contributed by atoms with Crippen molar-refractivity contribution in [2.45, 2.75) is 0 Å². The number of nitrogens with two attached hydrogens (primary N) is 1. The van der Waals surface area contributed by atoms with Gasteiger partial charge < -0.3 is 16.2 Å². The van der Waals surface area contributed by atoms with Crippen LogP contribution in [0, 0.1) is 0 Å². The Morgan fingerprint density at radius 2 is 2.06 bits per heavy atom. The molecule has 16 heavy (non-hydrogen) atoms. The van der Waals surface area contributed by atoms with Crippen molar-refractivity contribution in [3.05, 3.63) is 36.2 Å². The van der Waals surface area contributed by atoms with Crippen molar-refractivity contribution in [2.24, 2.45) is 0 Å². The number of phenolic OH excluding ortho intramolecular Hbond substituents is 1. The minimum Gasteiger partial charge on any atom is -0.508 e. The van der Waals surface area contributed by atoms with Gasteiger partial charge in [0.05, 0.1) is 11.9 Å². The Bertz CT molecular complexity index is 504. The maximum atomic E-state index is 11.7. The maximum absolute atomic E-state index is 11.7. The van der Waals surface area contributed by atoms with E-state index < -0.39 is 0 Å². The molecule has 6 nitrogen and oxygen atoms in total. The molecule has 1 aromatic carbocycles. The second-order valence-electron chi connectivity index (χ2n) is 3.20. The number of amides is 1. The Balaban J connectivity index is 2.14. The molecule has 1 aromatic heterocycles. The van der Waals surface area contributed by atoms with Crippen LogP contribution in [0.5, 0.6) is 5.75 Å². The zero-order valence-electron chi connectivity index (χ0n) is 8.27. The maximum Gasteiger partial charge on any atom is 0.275 e. The van der Waals surface area contributed by atoms with Gasteiger partial charge in [-0.1, -0.05) is 0 Å². The van der Waals surface area contributed by atoms with Crippen molar-refractivity contribution in [3.63, 3.8) is 0 Å². The van der Waals surface area contributed by atoms with Crippen molar-refractivity contribution in [1.82, 2.24) is 10.2 Å².